The van der Waals surface area contributed by atoms with Gasteiger partial charge in [0, 0.05) is 54.2 Å². The van der Waals surface area contributed by atoms with Gasteiger partial charge in [-0.2, -0.15) is 0 Å². The van der Waals surface area contributed by atoms with Gasteiger partial charge in [-0.3, -0.25) is 9.59 Å². The quantitative estimate of drug-likeness (QED) is 0.225. The van der Waals surface area contributed by atoms with Crippen LogP contribution >= 0.6 is 0 Å². The van der Waals surface area contributed by atoms with E-state index < -0.39 is 24.0 Å². The van der Waals surface area contributed by atoms with Gasteiger partial charge in [0.25, 0.3) is 5.91 Å². The Balaban J connectivity index is 1.43. The van der Waals surface area contributed by atoms with E-state index in [1.165, 1.54) is 12.0 Å². The molecule has 220 valence electrons. The number of ether oxygens (including phenoxy) is 1. The lowest BCUT2D eigenvalue weighted by atomic mass is 9.99. The first-order chi connectivity index (χ1) is 20.7. The van der Waals surface area contributed by atoms with Crippen LogP contribution in [0.25, 0.3) is 22.2 Å². The van der Waals surface area contributed by atoms with Crippen LogP contribution in [0.3, 0.4) is 0 Å². The van der Waals surface area contributed by atoms with E-state index in [0.717, 1.165) is 38.7 Å². The number of likely N-dealkylation sites (N-methyl/N-ethyl adjacent to an activating group) is 1. The normalized spacial score (nSPS) is 12.5. The summed E-state index contributed by atoms with van der Waals surface area (Å²) in [5.41, 5.74) is 5.85. The number of aromatic nitrogens is 2. The van der Waals surface area contributed by atoms with Crippen molar-refractivity contribution in [3.05, 3.63) is 113 Å². The summed E-state index contributed by atoms with van der Waals surface area (Å²) in [6.07, 6.45) is 3.84. The van der Waals surface area contributed by atoms with Crippen molar-refractivity contribution in [1.82, 2.24) is 20.4 Å². The predicted octanol–water partition coefficient (Wildman–Crippen LogP) is 5.02. The minimum Gasteiger partial charge on any atom is -0.467 e. The second-order valence-corrected chi connectivity index (χ2v) is 10.7. The van der Waals surface area contributed by atoms with Gasteiger partial charge in [-0.25, -0.2) is 4.79 Å². The number of amides is 2. The molecule has 2 aromatic heterocycles. The highest BCUT2D eigenvalue weighted by Crippen LogP contribution is 2.22. The van der Waals surface area contributed by atoms with Crippen molar-refractivity contribution in [1.29, 1.82) is 0 Å². The van der Waals surface area contributed by atoms with E-state index in [9.17, 15) is 14.4 Å². The third-order valence-corrected chi connectivity index (χ3v) is 7.57. The second kappa shape index (κ2) is 12.8. The Morgan fingerprint density at radius 3 is 2.37 bits per heavy atom. The summed E-state index contributed by atoms with van der Waals surface area (Å²) in [5, 5.41) is 7.60. The van der Waals surface area contributed by atoms with Crippen LogP contribution in [0.2, 0.25) is 0 Å². The van der Waals surface area contributed by atoms with Crippen LogP contribution in [0.1, 0.15) is 32.6 Å². The number of fused-ring (bicyclic) bond motifs is 1. The van der Waals surface area contributed by atoms with Gasteiger partial charge in [0.1, 0.15) is 12.1 Å². The molecule has 0 aliphatic heterocycles. The van der Waals surface area contributed by atoms with Crippen LogP contribution < -0.4 is 5.32 Å². The van der Waals surface area contributed by atoms with Crippen molar-refractivity contribution < 1.29 is 23.6 Å². The molecule has 3 aromatic carbocycles. The Bertz CT molecular complexity index is 1720. The Morgan fingerprint density at radius 2 is 1.70 bits per heavy atom. The predicted molar refractivity (Wildman–Crippen MR) is 163 cm³/mol. The van der Waals surface area contributed by atoms with Gasteiger partial charge >= 0.3 is 5.97 Å². The number of benzene rings is 3. The smallest absolute Gasteiger partial charge is 0.328 e. The summed E-state index contributed by atoms with van der Waals surface area (Å²) in [6.45, 7) is 3.85. The van der Waals surface area contributed by atoms with E-state index in [0.29, 0.717) is 11.3 Å². The van der Waals surface area contributed by atoms with Crippen molar-refractivity contribution >= 4 is 28.7 Å². The molecule has 0 fully saturated rings. The molecule has 0 unspecified atom stereocenters. The standard InChI is InChI=1S/C34H34N4O5/c1-21-15-22(2)17-25(16-21)33(40)38(3)30(18-23-9-11-24(12-10-23)31-13-14-36-43-31)32(39)37-29(34(41)42-4)19-26-20-35-28-8-6-5-7-27(26)28/h5-17,20,29-30,35H,18-19H2,1-4H3,(H,37,39)/t29-,30+/m0/s1. The first-order valence-corrected chi connectivity index (χ1v) is 14.0. The van der Waals surface area contributed by atoms with Gasteiger partial charge in [0.05, 0.1) is 13.3 Å². The molecule has 0 radical (unpaired) electrons. The Hall–Kier alpha value is -5.18. The van der Waals surface area contributed by atoms with Crippen LogP contribution in [-0.2, 0) is 27.2 Å². The highest BCUT2D eigenvalue weighted by molar-refractivity contribution is 5.98. The van der Waals surface area contributed by atoms with Crippen molar-refractivity contribution in [2.24, 2.45) is 0 Å². The molecule has 0 aliphatic carbocycles. The second-order valence-electron chi connectivity index (χ2n) is 10.7. The molecule has 2 heterocycles. The first kappa shape index (κ1) is 29.3. The molecule has 2 amide bonds. The maximum atomic E-state index is 14.0. The third kappa shape index (κ3) is 6.67. The number of aromatic amines is 1. The maximum absolute atomic E-state index is 14.0. The summed E-state index contributed by atoms with van der Waals surface area (Å²) in [6, 6.07) is 20.8. The molecule has 2 atom stereocenters. The van der Waals surface area contributed by atoms with Crippen LogP contribution in [0.15, 0.2) is 89.7 Å². The minimum atomic E-state index is -0.960. The number of esters is 1. The molecule has 9 nitrogen and oxygen atoms in total. The summed E-state index contributed by atoms with van der Waals surface area (Å²) in [5.74, 6) is -0.704. The largest absolute Gasteiger partial charge is 0.467 e. The van der Waals surface area contributed by atoms with Crippen LogP contribution in [-0.4, -0.2) is 59.1 Å². The highest BCUT2D eigenvalue weighted by atomic mass is 16.5. The summed E-state index contributed by atoms with van der Waals surface area (Å²) in [7, 11) is 2.90. The Labute approximate surface area is 249 Å². The van der Waals surface area contributed by atoms with Gasteiger partial charge in [0.2, 0.25) is 5.91 Å². The lowest BCUT2D eigenvalue weighted by Crippen LogP contribution is -2.53. The van der Waals surface area contributed by atoms with Crippen molar-refractivity contribution in [3.8, 4) is 11.3 Å². The first-order valence-electron chi connectivity index (χ1n) is 14.0. The van der Waals surface area contributed by atoms with Crippen molar-refractivity contribution in [2.45, 2.75) is 38.8 Å². The molecule has 2 N–H and O–H groups in total. The van der Waals surface area contributed by atoms with Crippen molar-refractivity contribution in [2.75, 3.05) is 14.2 Å². The van der Waals surface area contributed by atoms with Gasteiger partial charge in [-0.15, -0.1) is 0 Å². The van der Waals surface area contributed by atoms with E-state index >= 15 is 0 Å². The summed E-state index contributed by atoms with van der Waals surface area (Å²) in [4.78, 5) is 45.2. The van der Waals surface area contributed by atoms with Crippen molar-refractivity contribution in [3.63, 3.8) is 0 Å². The fourth-order valence-corrected chi connectivity index (χ4v) is 5.37. The Kier molecular flexibility index (Phi) is 8.71. The number of hydrogen-bond donors (Lipinski definition) is 2. The lowest BCUT2D eigenvalue weighted by molar-refractivity contribution is -0.145. The van der Waals surface area contributed by atoms with Gasteiger partial charge < -0.3 is 24.5 Å². The zero-order chi connectivity index (χ0) is 30.5. The van der Waals surface area contributed by atoms with E-state index in [1.54, 1.807) is 31.4 Å². The zero-order valence-electron chi connectivity index (χ0n) is 24.6. The molecular formula is C34H34N4O5. The molecule has 5 rings (SSSR count). The number of hydrogen-bond acceptors (Lipinski definition) is 6. The highest BCUT2D eigenvalue weighted by Gasteiger charge is 2.32. The fourth-order valence-electron chi connectivity index (χ4n) is 5.37. The number of H-pyrrole nitrogens is 1. The van der Waals surface area contributed by atoms with Gasteiger partial charge in [0.15, 0.2) is 5.76 Å². The van der Waals surface area contributed by atoms with Gasteiger partial charge in [-0.05, 0) is 43.2 Å². The topological polar surface area (TPSA) is 118 Å². The average molecular weight is 579 g/mol. The minimum absolute atomic E-state index is 0.218. The van der Waals surface area contributed by atoms with Crippen LogP contribution in [0.4, 0.5) is 0 Å². The van der Waals surface area contributed by atoms with Crippen LogP contribution in [0, 0.1) is 13.8 Å². The molecule has 5 aromatic rings. The molecular weight excluding hydrogens is 544 g/mol. The molecule has 9 heteroatoms. The molecule has 0 bridgehead atoms. The number of rotatable bonds is 10. The van der Waals surface area contributed by atoms with E-state index in [1.807, 2.05) is 74.6 Å². The Morgan fingerprint density at radius 1 is 0.977 bits per heavy atom. The third-order valence-electron chi connectivity index (χ3n) is 7.57. The number of carbonyl (C=O) groups excluding carboxylic acids is 3. The number of methoxy groups -OCH3 is 1. The number of para-hydroxylation sites is 1. The SMILES string of the molecule is COC(=O)[C@H](Cc1c[nH]c2ccccc12)NC(=O)[C@@H](Cc1ccc(-c2ccno2)cc1)N(C)C(=O)c1cc(C)cc(C)c1. The number of nitrogens with zero attached hydrogens (tertiary/aromatic N) is 2. The monoisotopic (exact) mass is 578 g/mol. The van der Waals surface area contributed by atoms with E-state index in [4.69, 9.17) is 9.26 Å². The summed E-state index contributed by atoms with van der Waals surface area (Å²) < 4.78 is 10.3. The van der Waals surface area contributed by atoms with E-state index in [2.05, 4.69) is 15.5 Å². The fraction of sp³-hybridized carbons (Fsp3) is 0.235. The molecule has 43 heavy (non-hydrogen) atoms. The molecule has 0 saturated carbocycles. The molecule has 0 aliphatic rings. The lowest BCUT2D eigenvalue weighted by Gasteiger charge is -2.29. The van der Waals surface area contributed by atoms with E-state index in [-0.39, 0.29) is 18.7 Å². The summed E-state index contributed by atoms with van der Waals surface area (Å²) >= 11 is 0. The number of carbonyl (C=O) groups is 3. The number of aryl methyl sites for hydroxylation is 2. The zero-order valence-corrected chi connectivity index (χ0v) is 24.6. The average Bonchev–Trinajstić information content (AvgIpc) is 3.69. The van der Waals surface area contributed by atoms with Crippen LogP contribution in [0.5, 0.6) is 0 Å². The molecule has 0 spiro atoms. The van der Waals surface area contributed by atoms with Gasteiger partial charge in [-0.1, -0.05) is 64.8 Å². The maximum Gasteiger partial charge on any atom is 0.328 e. The number of nitrogens with one attached hydrogen (secondary N) is 2. The molecule has 0 saturated heterocycles.